The van der Waals surface area contributed by atoms with Crippen LogP contribution in [-0.2, 0) is 6.18 Å². The summed E-state index contributed by atoms with van der Waals surface area (Å²) in [6.07, 6.45) is -3.55. The Morgan fingerprint density at radius 1 is 1.19 bits per heavy atom. The van der Waals surface area contributed by atoms with Crippen LogP contribution in [0.25, 0.3) is 11.0 Å². The number of nitrogens with one attached hydrogen (secondary N) is 1. The summed E-state index contributed by atoms with van der Waals surface area (Å²) >= 11 is 0. The van der Waals surface area contributed by atoms with Crippen LogP contribution in [0.4, 0.5) is 13.2 Å². The van der Waals surface area contributed by atoms with Gasteiger partial charge in [-0.2, -0.15) is 13.2 Å². The number of amides is 1. The van der Waals surface area contributed by atoms with Gasteiger partial charge in [0.05, 0.1) is 10.9 Å². The molecule has 162 valence electrons. The lowest BCUT2D eigenvalue weighted by atomic mass is 9.92. The van der Waals surface area contributed by atoms with E-state index in [0.29, 0.717) is 30.8 Å². The maximum absolute atomic E-state index is 13.7. The summed E-state index contributed by atoms with van der Waals surface area (Å²) < 4.78 is 41.2. The van der Waals surface area contributed by atoms with Crippen molar-refractivity contribution in [2.45, 2.75) is 38.8 Å². The monoisotopic (exact) mass is 431 g/mol. The zero-order valence-electron chi connectivity index (χ0n) is 17.0. The molecule has 1 amide bonds. The van der Waals surface area contributed by atoms with Crippen molar-refractivity contribution in [3.8, 4) is 0 Å². The van der Waals surface area contributed by atoms with E-state index in [2.05, 4.69) is 19.9 Å². The first kappa shape index (κ1) is 21.0. The van der Waals surface area contributed by atoms with E-state index in [-0.39, 0.29) is 29.6 Å². The first-order valence-corrected chi connectivity index (χ1v) is 9.85. The van der Waals surface area contributed by atoms with Crippen LogP contribution in [0.3, 0.4) is 0 Å². The van der Waals surface area contributed by atoms with Crippen molar-refractivity contribution in [2.75, 3.05) is 13.1 Å². The van der Waals surface area contributed by atoms with Crippen LogP contribution in [0.5, 0.6) is 0 Å². The van der Waals surface area contributed by atoms with Gasteiger partial charge in [-0.15, -0.1) is 0 Å². The van der Waals surface area contributed by atoms with Gasteiger partial charge in [-0.05, 0) is 44.9 Å². The number of likely N-dealkylation sites (tertiary alicyclic amines) is 1. The molecule has 4 heterocycles. The number of hydrogen-bond acceptors (Lipinski definition) is 5. The van der Waals surface area contributed by atoms with Gasteiger partial charge < -0.3 is 9.88 Å². The smallest absolute Gasteiger partial charge is 0.337 e. The normalized spacial score (nSPS) is 17.2. The number of aryl methyl sites for hydroxylation is 2. The number of piperidine rings is 1. The average molecular weight is 431 g/mol. The fourth-order valence-corrected chi connectivity index (χ4v) is 3.93. The second kappa shape index (κ2) is 7.75. The van der Waals surface area contributed by atoms with E-state index in [9.17, 15) is 22.8 Å². The van der Waals surface area contributed by atoms with Crippen molar-refractivity contribution < 1.29 is 18.0 Å². The predicted octanol–water partition coefficient (Wildman–Crippen LogP) is 3.37. The molecule has 31 heavy (non-hydrogen) atoms. The van der Waals surface area contributed by atoms with Gasteiger partial charge in [0, 0.05) is 30.4 Å². The molecule has 0 radical (unpaired) electrons. The SMILES string of the molecule is Cc1cccc(C(=O)N2CCC[C@H](c3cc(C(F)(F)F)c4c(=O)[nH]c(C)nc4n3)C2)n1. The molecule has 4 rings (SSSR count). The molecule has 0 aromatic carbocycles. The Hall–Kier alpha value is -3.30. The van der Waals surface area contributed by atoms with Gasteiger partial charge in [-0.25, -0.2) is 15.0 Å². The molecular formula is C21H20F3N5O2. The number of fused-ring (bicyclic) bond motifs is 1. The molecule has 7 nitrogen and oxygen atoms in total. The molecular weight excluding hydrogens is 411 g/mol. The van der Waals surface area contributed by atoms with Crippen LogP contribution in [0.2, 0.25) is 0 Å². The Bertz CT molecular complexity index is 1220. The van der Waals surface area contributed by atoms with E-state index >= 15 is 0 Å². The molecule has 0 bridgehead atoms. The molecule has 3 aromatic heterocycles. The molecule has 0 spiro atoms. The summed E-state index contributed by atoms with van der Waals surface area (Å²) in [7, 11) is 0. The highest BCUT2D eigenvalue weighted by atomic mass is 19.4. The Morgan fingerprint density at radius 3 is 2.68 bits per heavy atom. The maximum Gasteiger partial charge on any atom is 0.417 e. The number of pyridine rings is 2. The molecule has 1 atom stereocenters. The summed E-state index contributed by atoms with van der Waals surface area (Å²) in [4.78, 5) is 41.5. The third-order valence-corrected chi connectivity index (χ3v) is 5.35. The summed E-state index contributed by atoms with van der Waals surface area (Å²) in [6, 6.07) is 6.05. The lowest BCUT2D eigenvalue weighted by molar-refractivity contribution is -0.136. The number of hydrogen-bond donors (Lipinski definition) is 1. The van der Waals surface area contributed by atoms with E-state index in [1.807, 2.05) is 0 Å². The molecule has 1 aliphatic heterocycles. The number of alkyl halides is 3. The number of nitrogens with zero attached hydrogens (tertiary/aromatic N) is 4. The number of carbonyl (C=O) groups excluding carboxylic acids is 1. The van der Waals surface area contributed by atoms with Crippen molar-refractivity contribution in [1.82, 2.24) is 24.8 Å². The van der Waals surface area contributed by atoms with E-state index in [1.165, 1.54) is 6.92 Å². The van der Waals surface area contributed by atoms with Gasteiger partial charge in [0.15, 0.2) is 5.65 Å². The Balaban J connectivity index is 1.73. The minimum absolute atomic E-state index is 0.173. The molecule has 1 aliphatic rings. The summed E-state index contributed by atoms with van der Waals surface area (Å²) in [6.45, 7) is 3.97. The van der Waals surface area contributed by atoms with Crippen LogP contribution in [0.15, 0.2) is 29.1 Å². The highest BCUT2D eigenvalue weighted by molar-refractivity contribution is 5.92. The number of halogens is 3. The number of carbonyl (C=O) groups is 1. The molecule has 10 heteroatoms. The quantitative estimate of drug-likeness (QED) is 0.672. The second-order valence-corrected chi connectivity index (χ2v) is 7.70. The first-order valence-electron chi connectivity index (χ1n) is 9.85. The van der Waals surface area contributed by atoms with Crippen LogP contribution >= 0.6 is 0 Å². The molecule has 1 fully saturated rings. The van der Waals surface area contributed by atoms with Crippen LogP contribution in [0, 0.1) is 13.8 Å². The van der Waals surface area contributed by atoms with Crippen molar-refractivity contribution in [3.63, 3.8) is 0 Å². The van der Waals surface area contributed by atoms with Gasteiger partial charge in [0.2, 0.25) is 0 Å². The number of aromatic amines is 1. The highest BCUT2D eigenvalue weighted by Crippen LogP contribution is 2.36. The largest absolute Gasteiger partial charge is 0.417 e. The number of rotatable bonds is 2. The molecule has 0 aliphatic carbocycles. The van der Waals surface area contributed by atoms with Crippen molar-refractivity contribution in [3.05, 3.63) is 63.1 Å². The Labute approximate surface area is 175 Å². The third-order valence-electron chi connectivity index (χ3n) is 5.35. The van der Waals surface area contributed by atoms with Gasteiger partial charge in [0.1, 0.15) is 11.5 Å². The lowest BCUT2D eigenvalue weighted by Crippen LogP contribution is -2.39. The minimum Gasteiger partial charge on any atom is -0.337 e. The zero-order chi connectivity index (χ0) is 22.3. The number of H-pyrrole nitrogens is 1. The second-order valence-electron chi connectivity index (χ2n) is 7.70. The highest BCUT2D eigenvalue weighted by Gasteiger charge is 2.36. The lowest BCUT2D eigenvalue weighted by Gasteiger charge is -2.32. The molecule has 1 N–H and O–H groups in total. The summed E-state index contributed by atoms with van der Waals surface area (Å²) in [5, 5.41) is -0.574. The topological polar surface area (TPSA) is 91.8 Å². The molecule has 0 unspecified atom stereocenters. The van der Waals surface area contributed by atoms with Crippen molar-refractivity contribution in [2.24, 2.45) is 0 Å². The predicted molar refractivity (Wildman–Crippen MR) is 107 cm³/mol. The summed E-state index contributed by atoms with van der Waals surface area (Å²) in [5.74, 6) is -0.494. The molecule has 0 saturated carbocycles. The van der Waals surface area contributed by atoms with E-state index in [0.717, 1.165) is 6.07 Å². The van der Waals surface area contributed by atoms with Crippen LogP contribution in [-0.4, -0.2) is 43.8 Å². The molecule has 3 aromatic rings. The van der Waals surface area contributed by atoms with E-state index in [4.69, 9.17) is 0 Å². The summed E-state index contributed by atoms with van der Waals surface area (Å²) in [5.41, 5.74) is -1.00. The van der Waals surface area contributed by atoms with Crippen molar-refractivity contribution >= 4 is 16.9 Å². The fraction of sp³-hybridized carbons (Fsp3) is 0.381. The van der Waals surface area contributed by atoms with Crippen LogP contribution in [0.1, 0.15) is 52.0 Å². The average Bonchev–Trinajstić information content (AvgIpc) is 2.71. The van der Waals surface area contributed by atoms with Crippen molar-refractivity contribution in [1.29, 1.82) is 0 Å². The zero-order valence-corrected chi connectivity index (χ0v) is 17.0. The maximum atomic E-state index is 13.7. The minimum atomic E-state index is -4.74. The van der Waals surface area contributed by atoms with Gasteiger partial charge in [0.25, 0.3) is 11.5 Å². The number of aromatic nitrogens is 4. The first-order chi connectivity index (χ1) is 14.6. The van der Waals surface area contributed by atoms with E-state index < -0.39 is 28.6 Å². The Morgan fingerprint density at radius 2 is 1.97 bits per heavy atom. The Kier molecular flexibility index (Phi) is 5.24. The van der Waals surface area contributed by atoms with Crippen LogP contribution < -0.4 is 5.56 Å². The standard InChI is InChI=1S/C21H20F3N5O2/c1-11-5-3-7-15(25-11)20(31)29-8-4-6-13(10-29)16-9-14(21(22,23)24)17-18(28-16)26-12(2)27-19(17)30/h3,5,7,9,13H,4,6,8,10H2,1-2H3,(H,26,27,28,30)/t13-/m0/s1. The fourth-order valence-electron chi connectivity index (χ4n) is 3.93. The van der Waals surface area contributed by atoms with Gasteiger partial charge in [-0.3, -0.25) is 9.59 Å². The third kappa shape index (κ3) is 4.14. The van der Waals surface area contributed by atoms with Gasteiger partial charge in [-0.1, -0.05) is 6.07 Å². The van der Waals surface area contributed by atoms with E-state index in [1.54, 1.807) is 30.0 Å². The molecule has 1 saturated heterocycles. The van der Waals surface area contributed by atoms with Gasteiger partial charge >= 0.3 is 6.18 Å².